The summed E-state index contributed by atoms with van der Waals surface area (Å²) in [5.41, 5.74) is 4.08. The lowest BCUT2D eigenvalue weighted by molar-refractivity contribution is -0.113. The van der Waals surface area contributed by atoms with E-state index in [0.717, 1.165) is 22.8 Å². The van der Waals surface area contributed by atoms with Gasteiger partial charge in [-0.2, -0.15) is 0 Å². The fourth-order valence-electron chi connectivity index (χ4n) is 2.43. The van der Waals surface area contributed by atoms with Crippen molar-refractivity contribution in [2.75, 3.05) is 29.6 Å². The molecule has 0 unspecified atom stereocenters. The molecule has 0 aromatic heterocycles. The Morgan fingerprint density at radius 2 is 1.44 bits per heavy atom. The Balaban J connectivity index is 2.21. The van der Waals surface area contributed by atoms with Crippen molar-refractivity contribution in [3.05, 3.63) is 65.9 Å². The number of para-hydroxylation sites is 1. The topological polar surface area (TPSA) is 44.4 Å². The molecule has 2 rings (SSSR count). The normalized spacial score (nSPS) is 11.4. The van der Waals surface area contributed by atoms with Crippen molar-refractivity contribution in [1.29, 1.82) is 0 Å². The summed E-state index contributed by atoms with van der Waals surface area (Å²) >= 11 is 5.44. The molecule has 0 saturated heterocycles. The van der Waals surface area contributed by atoms with Crippen LogP contribution in [-0.2, 0) is 4.79 Å². The molecule has 5 heteroatoms. The number of anilines is 3. The number of rotatable bonds is 6. The zero-order valence-corrected chi connectivity index (χ0v) is 15.8. The van der Waals surface area contributed by atoms with Gasteiger partial charge in [0.05, 0.1) is 5.57 Å². The summed E-state index contributed by atoms with van der Waals surface area (Å²) in [5.74, 6) is -0.0802. The van der Waals surface area contributed by atoms with Gasteiger partial charge in [-0.3, -0.25) is 4.79 Å². The van der Waals surface area contributed by atoms with Crippen molar-refractivity contribution >= 4 is 40.1 Å². The van der Waals surface area contributed by atoms with Crippen molar-refractivity contribution in [3.63, 3.8) is 0 Å². The summed E-state index contributed by atoms with van der Waals surface area (Å²) in [7, 11) is 3.99. The van der Waals surface area contributed by atoms with Crippen molar-refractivity contribution in [1.82, 2.24) is 0 Å². The van der Waals surface area contributed by atoms with Crippen LogP contribution in [0.2, 0.25) is 0 Å². The zero-order chi connectivity index (χ0) is 18.4. The van der Waals surface area contributed by atoms with Crippen LogP contribution in [0, 0.1) is 0 Å². The minimum absolute atomic E-state index is 0.0802. The van der Waals surface area contributed by atoms with Gasteiger partial charge in [0.15, 0.2) is 5.78 Å². The minimum Gasteiger partial charge on any atom is -0.378 e. The molecule has 0 bridgehead atoms. The van der Waals surface area contributed by atoms with Gasteiger partial charge in [0, 0.05) is 36.9 Å². The van der Waals surface area contributed by atoms with Gasteiger partial charge in [-0.15, -0.1) is 0 Å². The Kier molecular flexibility index (Phi) is 6.31. The van der Waals surface area contributed by atoms with Crippen molar-refractivity contribution < 1.29 is 4.79 Å². The molecular weight excluding hydrogens is 330 g/mol. The summed E-state index contributed by atoms with van der Waals surface area (Å²) in [4.78, 5) is 14.6. The number of hydrogen-bond acceptors (Lipinski definition) is 4. The molecule has 0 amide bonds. The molecule has 0 saturated carbocycles. The average molecular weight is 353 g/mol. The van der Waals surface area contributed by atoms with E-state index in [1.807, 2.05) is 80.5 Å². The predicted molar refractivity (Wildman–Crippen MR) is 110 cm³/mol. The Morgan fingerprint density at radius 1 is 0.880 bits per heavy atom. The first kappa shape index (κ1) is 18.7. The van der Waals surface area contributed by atoms with Gasteiger partial charge in [0.1, 0.15) is 4.99 Å². The van der Waals surface area contributed by atoms with E-state index < -0.39 is 0 Å². The highest BCUT2D eigenvalue weighted by Gasteiger charge is 2.15. The molecule has 0 atom stereocenters. The molecule has 0 fully saturated rings. The van der Waals surface area contributed by atoms with E-state index in [9.17, 15) is 4.79 Å². The van der Waals surface area contributed by atoms with Crippen LogP contribution in [0.1, 0.15) is 13.8 Å². The Labute approximate surface area is 154 Å². The third kappa shape index (κ3) is 5.16. The number of nitrogens with zero attached hydrogens (tertiary/aromatic N) is 1. The predicted octanol–water partition coefficient (Wildman–Crippen LogP) is 4.47. The average Bonchev–Trinajstić information content (AvgIpc) is 2.55. The third-order valence-electron chi connectivity index (χ3n) is 3.70. The summed E-state index contributed by atoms with van der Waals surface area (Å²) in [6, 6.07) is 17.6. The van der Waals surface area contributed by atoms with Crippen LogP contribution in [0.5, 0.6) is 0 Å². The number of carbonyl (C=O) groups is 1. The first-order valence-electron chi connectivity index (χ1n) is 8.01. The van der Waals surface area contributed by atoms with E-state index in [-0.39, 0.29) is 5.78 Å². The molecule has 2 aromatic carbocycles. The molecule has 0 heterocycles. The van der Waals surface area contributed by atoms with Crippen molar-refractivity contribution in [2.24, 2.45) is 0 Å². The Morgan fingerprint density at radius 3 is 1.96 bits per heavy atom. The van der Waals surface area contributed by atoms with Gasteiger partial charge in [0.2, 0.25) is 0 Å². The number of ketones is 1. The first-order chi connectivity index (χ1) is 11.9. The lowest BCUT2D eigenvalue weighted by Crippen LogP contribution is -2.20. The van der Waals surface area contributed by atoms with Gasteiger partial charge in [0.25, 0.3) is 0 Å². The molecule has 25 heavy (non-hydrogen) atoms. The number of nitrogens with one attached hydrogen (secondary N) is 2. The number of Topliss-reactive ketones (excluding diaryl/α,β-unsaturated/α-hetero) is 1. The van der Waals surface area contributed by atoms with E-state index in [2.05, 4.69) is 10.6 Å². The van der Waals surface area contributed by atoms with Gasteiger partial charge < -0.3 is 15.5 Å². The molecule has 0 aliphatic heterocycles. The molecule has 2 N–H and O–H groups in total. The second kappa shape index (κ2) is 8.44. The number of hydrogen-bond donors (Lipinski definition) is 2. The van der Waals surface area contributed by atoms with Crippen LogP contribution in [0.25, 0.3) is 0 Å². The molecular formula is C20H23N3OS. The van der Waals surface area contributed by atoms with Gasteiger partial charge >= 0.3 is 0 Å². The quantitative estimate of drug-likeness (QED) is 0.593. The Hall–Kier alpha value is -2.66. The highest BCUT2D eigenvalue weighted by molar-refractivity contribution is 7.81. The summed E-state index contributed by atoms with van der Waals surface area (Å²) < 4.78 is 0. The van der Waals surface area contributed by atoms with Crippen molar-refractivity contribution in [2.45, 2.75) is 13.8 Å². The zero-order valence-electron chi connectivity index (χ0n) is 15.0. The summed E-state index contributed by atoms with van der Waals surface area (Å²) in [6.07, 6.45) is 0. The fourth-order valence-corrected chi connectivity index (χ4v) is 2.85. The maximum atomic E-state index is 12.1. The van der Waals surface area contributed by atoms with E-state index in [1.54, 1.807) is 0 Å². The highest BCUT2D eigenvalue weighted by atomic mass is 32.1. The standard InChI is InChI=1S/C20H23N3OS/c1-14(21-17-10-12-18(13-11-17)23(3)4)19(15(2)24)20(25)22-16-8-6-5-7-9-16/h5-13,21H,1-4H3,(H,22,25)/b19-14+. The smallest absolute Gasteiger partial charge is 0.164 e. The monoisotopic (exact) mass is 353 g/mol. The van der Waals surface area contributed by atoms with Crippen molar-refractivity contribution in [3.8, 4) is 0 Å². The van der Waals surface area contributed by atoms with Crippen LogP contribution in [-0.4, -0.2) is 24.9 Å². The SMILES string of the molecule is CC(=O)/C(C(=S)Nc1ccccc1)=C(/C)Nc1ccc(N(C)C)cc1. The van der Waals surface area contributed by atoms with Gasteiger partial charge in [-0.1, -0.05) is 30.4 Å². The number of allylic oxidation sites excluding steroid dienone is 1. The molecule has 4 nitrogen and oxygen atoms in total. The lowest BCUT2D eigenvalue weighted by atomic mass is 10.1. The maximum absolute atomic E-state index is 12.1. The highest BCUT2D eigenvalue weighted by Crippen LogP contribution is 2.19. The minimum atomic E-state index is -0.0802. The summed E-state index contributed by atoms with van der Waals surface area (Å²) in [5, 5.41) is 6.39. The Bertz CT molecular complexity index is 780. The van der Waals surface area contributed by atoms with E-state index in [4.69, 9.17) is 12.2 Å². The second-order valence-corrected chi connectivity index (χ2v) is 6.35. The summed E-state index contributed by atoms with van der Waals surface area (Å²) in [6.45, 7) is 3.38. The van der Waals surface area contributed by atoms with Crippen LogP contribution in [0.4, 0.5) is 17.1 Å². The van der Waals surface area contributed by atoms with E-state index in [1.165, 1.54) is 6.92 Å². The molecule has 0 aliphatic rings. The molecule has 130 valence electrons. The molecule has 0 spiro atoms. The number of thiocarbonyl (C=S) groups is 1. The molecule has 0 aliphatic carbocycles. The van der Waals surface area contributed by atoms with Crippen LogP contribution in [0.15, 0.2) is 65.9 Å². The van der Waals surface area contributed by atoms with Crippen LogP contribution >= 0.6 is 12.2 Å². The largest absolute Gasteiger partial charge is 0.378 e. The van der Waals surface area contributed by atoms with Gasteiger partial charge in [-0.25, -0.2) is 0 Å². The first-order valence-corrected chi connectivity index (χ1v) is 8.42. The van der Waals surface area contributed by atoms with Gasteiger partial charge in [-0.05, 0) is 50.2 Å². The molecule has 0 radical (unpaired) electrons. The lowest BCUT2D eigenvalue weighted by Gasteiger charge is -2.16. The number of carbonyl (C=O) groups excluding carboxylic acids is 1. The number of benzene rings is 2. The van der Waals surface area contributed by atoms with E-state index >= 15 is 0 Å². The fraction of sp³-hybridized carbons (Fsp3) is 0.200. The molecule has 2 aromatic rings. The second-order valence-electron chi connectivity index (χ2n) is 5.94. The third-order valence-corrected chi connectivity index (χ3v) is 4.01. The van der Waals surface area contributed by atoms with Crippen LogP contribution in [0.3, 0.4) is 0 Å². The van der Waals surface area contributed by atoms with Crippen LogP contribution < -0.4 is 15.5 Å². The maximum Gasteiger partial charge on any atom is 0.164 e. The van der Waals surface area contributed by atoms with E-state index in [0.29, 0.717) is 10.6 Å².